The first-order chi connectivity index (χ1) is 10.6. The van der Waals surface area contributed by atoms with Crippen LogP contribution >= 0.6 is 15.9 Å². The maximum atomic E-state index is 12.9. The quantitative estimate of drug-likeness (QED) is 0.901. The molecule has 0 spiro atoms. The van der Waals surface area contributed by atoms with E-state index in [2.05, 4.69) is 15.9 Å². The number of aliphatic hydroxyl groups excluding tert-OH is 1. The van der Waals surface area contributed by atoms with E-state index in [0.29, 0.717) is 19.8 Å². The number of imidazole rings is 1. The van der Waals surface area contributed by atoms with Gasteiger partial charge in [-0.1, -0.05) is 22.9 Å². The predicted octanol–water partition coefficient (Wildman–Crippen LogP) is 2.55. The third-order valence-corrected chi connectivity index (χ3v) is 4.78. The van der Waals surface area contributed by atoms with Crippen molar-refractivity contribution in [3.05, 3.63) is 33.2 Å². The van der Waals surface area contributed by atoms with E-state index in [4.69, 9.17) is 4.74 Å². The molecule has 1 fully saturated rings. The summed E-state index contributed by atoms with van der Waals surface area (Å²) in [6.07, 6.45) is 1.73. The number of halogens is 1. The number of benzene rings is 1. The van der Waals surface area contributed by atoms with Gasteiger partial charge in [-0.05, 0) is 37.0 Å². The summed E-state index contributed by atoms with van der Waals surface area (Å²) in [6.45, 7) is 3.95. The number of rotatable bonds is 4. The van der Waals surface area contributed by atoms with E-state index >= 15 is 0 Å². The molecule has 1 aliphatic heterocycles. The van der Waals surface area contributed by atoms with Crippen LogP contribution in [0.5, 0.6) is 0 Å². The number of aromatic nitrogens is 2. The number of hydrogen-bond acceptors (Lipinski definition) is 3. The first-order valence-electron chi connectivity index (χ1n) is 7.70. The third kappa shape index (κ3) is 2.87. The largest absolute Gasteiger partial charge is 0.396 e. The fraction of sp³-hybridized carbons (Fsp3) is 0.562. The average molecular weight is 369 g/mol. The van der Waals surface area contributed by atoms with Crippen LogP contribution in [0.25, 0.3) is 11.0 Å². The van der Waals surface area contributed by atoms with Crippen molar-refractivity contribution in [3.8, 4) is 0 Å². The van der Waals surface area contributed by atoms with Crippen molar-refractivity contribution >= 4 is 27.0 Å². The Labute approximate surface area is 137 Å². The SMILES string of the molecule is C[C@H](CO)Cn1c(=O)n(C2CCOCC2)c2ccc(Br)cc21. The second-order valence-electron chi connectivity index (χ2n) is 6.03. The Kier molecular flexibility index (Phi) is 4.70. The second kappa shape index (κ2) is 6.56. The molecule has 0 radical (unpaired) electrons. The molecule has 2 aromatic rings. The highest BCUT2D eigenvalue weighted by Gasteiger charge is 2.23. The summed E-state index contributed by atoms with van der Waals surface area (Å²) in [6, 6.07) is 6.14. The Morgan fingerprint density at radius 2 is 2.09 bits per heavy atom. The molecule has 120 valence electrons. The standard InChI is InChI=1S/C16H21BrN2O3/c1-11(10-20)9-18-15-8-12(17)2-3-14(15)19(16(18)21)13-4-6-22-7-5-13/h2-3,8,11,13,20H,4-7,9-10H2,1H3/t11-/m0/s1. The topological polar surface area (TPSA) is 56.4 Å². The molecule has 0 unspecified atom stereocenters. The summed E-state index contributed by atoms with van der Waals surface area (Å²) in [4.78, 5) is 12.9. The molecule has 5 nitrogen and oxygen atoms in total. The van der Waals surface area contributed by atoms with Gasteiger partial charge in [-0.3, -0.25) is 9.13 Å². The smallest absolute Gasteiger partial charge is 0.329 e. The molecule has 0 amide bonds. The van der Waals surface area contributed by atoms with Gasteiger partial charge >= 0.3 is 5.69 Å². The molecule has 1 atom stereocenters. The van der Waals surface area contributed by atoms with Crippen LogP contribution < -0.4 is 5.69 Å². The van der Waals surface area contributed by atoms with Crippen molar-refractivity contribution in [2.75, 3.05) is 19.8 Å². The summed E-state index contributed by atoms with van der Waals surface area (Å²) in [5.41, 5.74) is 1.90. The van der Waals surface area contributed by atoms with E-state index in [1.807, 2.05) is 29.7 Å². The summed E-state index contributed by atoms with van der Waals surface area (Å²) in [5.74, 6) is 0.0467. The van der Waals surface area contributed by atoms with E-state index in [1.54, 1.807) is 4.57 Å². The van der Waals surface area contributed by atoms with Crippen molar-refractivity contribution in [1.29, 1.82) is 0 Å². The van der Waals surface area contributed by atoms with Crippen molar-refractivity contribution in [2.45, 2.75) is 32.4 Å². The van der Waals surface area contributed by atoms with E-state index in [-0.39, 0.29) is 24.3 Å². The number of fused-ring (bicyclic) bond motifs is 1. The van der Waals surface area contributed by atoms with Crippen molar-refractivity contribution in [1.82, 2.24) is 9.13 Å². The Bertz CT molecular complexity index is 716. The maximum Gasteiger partial charge on any atom is 0.329 e. The zero-order valence-corrected chi connectivity index (χ0v) is 14.3. The van der Waals surface area contributed by atoms with E-state index in [1.165, 1.54) is 0 Å². The second-order valence-corrected chi connectivity index (χ2v) is 6.94. The fourth-order valence-corrected chi connectivity index (χ4v) is 3.44. The molecule has 2 heterocycles. The van der Waals surface area contributed by atoms with Crippen LogP contribution in [0.4, 0.5) is 0 Å². The minimum Gasteiger partial charge on any atom is -0.396 e. The monoisotopic (exact) mass is 368 g/mol. The Balaban J connectivity index is 2.15. The molecule has 1 N–H and O–H groups in total. The van der Waals surface area contributed by atoms with Crippen molar-refractivity contribution < 1.29 is 9.84 Å². The average Bonchev–Trinajstić information content (AvgIpc) is 2.80. The lowest BCUT2D eigenvalue weighted by Crippen LogP contribution is -2.32. The molecule has 0 aliphatic carbocycles. The molecule has 0 bridgehead atoms. The summed E-state index contributed by atoms with van der Waals surface area (Å²) >= 11 is 3.49. The highest BCUT2D eigenvalue weighted by molar-refractivity contribution is 9.10. The molecule has 1 aromatic heterocycles. The number of ether oxygens (including phenoxy) is 1. The van der Waals surface area contributed by atoms with Crippen LogP contribution in [0.15, 0.2) is 27.5 Å². The van der Waals surface area contributed by atoms with Gasteiger partial charge in [0.1, 0.15) is 0 Å². The molecular weight excluding hydrogens is 348 g/mol. The van der Waals surface area contributed by atoms with Gasteiger partial charge in [-0.2, -0.15) is 0 Å². The number of nitrogens with zero attached hydrogens (tertiary/aromatic N) is 2. The van der Waals surface area contributed by atoms with Gasteiger partial charge in [0.25, 0.3) is 0 Å². The zero-order chi connectivity index (χ0) is 15.7. The van der Waals surface area contributed by atoms with Gasteiger partial charge in [-0.15, -0.1) is 0 Å². The van der Waals surface area contributed by atoms with Crippen LogP contribution in [-0.2, 0) is 11.3 Å². The minimum atomic E-state index is 0.0142. The summed E-state index contributed by atoms with van der Waals surface area (Å²) in [5, 5.41) is 9.32. The van der Waals surface area contributed by atoms with Crippen LogP contribution in [0.2, 0.25) is 0 Å². The summed E-state index contributed by atoms with van der Waals surface area (Å²) < 4.78 is 10.1. The first-order valence-corrected chi connectivity index (χ1v) is 8.50. The number of hydrogen-bond donors (Lipinski definition) is 1. The normalized spacial score (nSPS) is 18.0. The van der Waals surface area contributed by atoms with Crippen LogP contribution in [0, 0.1) is 5.92 Å². The lowest BCUT2D eigenvalue weighted by Gasteiger charge is -2.23. The maximum absolute atomic E-state index is 12.9. The van der Waals surface area contributed by atoms with Gasteiger partial charge in [0, 0.05) is 36.9 Å². The van der Waals surface area contributed by atoms with Gasteiger partial charge in [-0.25, -0.2) is 4.79 Å². The molecule has 1 aliphatic rings. The van der Waals surface area contributed by atoms with Crippen LogP contribution in [0.3, 0.4) is 0 Å². The summed E-state index contributed by atoms with van der Waals surface area (Å²) in [7, 11) is 0. The molecule has 6 heteroatoms. The van der Waals surface area contributed by atoms with E-state index < -0.39 is 0 Å². The number of aliphatic hydroxyl groups is 1. The highest BCUT2D eigenvalue weighted by Crippen LogP contribution is 2.26. The van der Waals surface area contributed by atoms with Gasteiger partial charge in [0.2, 0.25) is 0 Å². The predicted molar refractivity (Wildman–Crippen MR) is 89.2 cm³/mol. The van der Waals surface area contributed by atoms with Crippen molar-refractivity contribution in [2.24, 2.45) is 5.92 Å². The lowest BCUT2D eigenvalue weighted by molar-refractivity contribution is 0.0695. The highest BCUT2D eigenvalue weighted by atomic mass is 79.9. The van der Waals surface area contributed by atoms with E-state index in [9.17, 15) is 9.90 Å². The Morgan fingerprint density at radius 3 is 2.77 bits per heavy atom. The fourth-order valence-electron chi connectivity index (χ4n) is 3.09. The van der Waals surface area contributed by atoms with Crippen LogP contribution in [-0.4, -0.2) is 34.1 Å². The molecular formula is C16H21BrN2O3. The molecule has 22 heavy (non-hydrogen) atoms. The van der Waals surface area contributed by atoms with Gasteiger partial charge in [0.05, 0.1) is 11.0 Å². The minimum absolute atomic E-state index is 0.0142. The molecule has 1 saturated heterocycles. The van der Waals surface area contributed by atoms with Gasteiger partial charge < -0.3 is 9.84 Å². The molecule has 0 saturated carbocycles. The first kappa shape index (κ1) is 15.8. The van der Waals surface area contributed by atoms with Crippen LogP contribution in [0.1, 0.15) is 25.8 Å². The molecule has 3 rings (SSSR count). The van der Waals surface area contributed by atoms with E-state index in [0.717, 1.165) is 28.3 Å². The Hall–Kier alpha value is -1.11. The third-order valence-electron chi connectivity index (χ3n) is 4.29. The van der Waals surface area contributed by atoms with Gasteiger partial charge in [0.15, 0.2) is 0 Å². The Morgan fingerprint density at radius 1 is 1.36 bits per heavy atom. The molecule has 1 aromatic carbocycles. The lowest BCUT2D eigenvalue weighted by atomic mass is 10.1. The van der Waals surface area contributed by atoms with Crippen molar-refractivity contribution in [3.63, 3.8) is 0 Å². The zero-order valence-electron chi connectivity index (χ0n) is 12.7.